The highest BCUT2D eigenvalue weighted by Gasteiger charge is 2.41. The van der Waals surface area contributed by atoms with Crippen LogP contribution >= 0.6 is 0 Å². The van der Waals surface area contributed by atoms with Crippen molar-refractivity contribution in [3.05, 3.63) is 12.2 Å². The third-order valence-electron chi connectivity index (χ3n) is 2.83. The first-order chi connectivity index (χ1) is 8.68. The second kappa shape index (κ2) is 5.74. The Morgan fingerprint density at radius 1 is 1.42 bits per heavy atom. The molecule has 0 saturated heterocycles. The Morgan fingerprint density at radius 3 is 2.58 bits per heavy atom. The third kappa shape index (κ3) is 4.35. The number of rotatable bonds is 3. The van der Waals surface area contributed by atoms with Crippen LogP contribution < -0.4 is 5.73 Å². The van der Waals surface area contributed by atoms with Gasteiger partial charge in [0.25, 0.3) is 0 Å². The first-order valence-electron chi connectivity index (χ1n) is 6.53. The van der Waals surface area contributed by atoms with E-state index in [1.807, 2.05) is 0 Å². The molecule has 0 radical (unpaired) electrons. The summed E-state index contributed by atoms with van der Waals surface area (Å²) >= 11 is 0. The second-order valence-corrected chi connectivity index (χ2v) is 5.85. The molecule has 0 spiro atoms. The lowest BCUT2D eigenvalue weighted by atomic mass is 9.80. The van der Waals surface area contributed by atoms with Crippen LogP contribution in [0.2, 0.25) is 0 Å². The molecule has 0 fully saturated rings. The summed E-state index contributed by atoms with van der Waals surface area (Å²) in [5, 5.41) is 0. The van der Waals surface area contributed by atoms with Crippen molar-refractivity contribution >= 4 is 11.9 Å². The molecule has 108 valence electrons. The molecule has 1 rings (SSSR count). The van der Waals surface area contributed by atoms with Gasteiger partial charge in [-0.05, 0) is 40.5 Å². The van der Waals surface area contributed by atoms with Gasteiger partial charge in [0.2, 0.25) is 0 Å². The molecule has 0 aromatic rings. The Balaban J connectivity index is 2.74. The molecule has 1 aliphatic carbocycles. The summed E-state index contributed by atoms with van der Waals surface area (Å²) in [6.45, 7) is 7.42. The van der Waals surface area contributed by atoms with E-state index in [1.165, 1.54) is 0 Å². The van der Waals surface area contributed by atoms with Crippen LogP contribution in [0.1, 0.15) is 40.5 Å². The van der Waals surface area contributed by atoms with Gasteiger partial charge < -0.3 is 15.2 Å². The molecule has 0 saturated carbocycles. The lowest BCUT2D eigenvalue weighted by Gasteiger charge is -2.32. The largest absolute Gasteiger partial charge is 0.465 e. The van der Waals surface area contributed by atoms with Crippen LogP contribution in [0.5, 0.6) is 0 Å². The van der Waals surface area contributed by atoms with Crippen LogP contribution in [0.15, 0.2) is 12.2 Å². The summed E-state index contributed by atoms with van der Waals surface area (Å²) < 4.78 is 10.3. The minimum Gasteiger partial charge on any atom is -0.465 e. The van der Waals surface area contributed by atoms with Crippen LogP contribution in [0.25, 0.3) is 0 Å². The monoisotopic (exact) mass is 269 g/mol. The minimum absolute atomic E-state index is 0.219. The Labute approximate surface area is 114 Å². The van der Waals surface area contributed by atoms with Gasteiger partial charge in [0, 0.05) is 0 Å². The molecule has 0 heterocycles. The predicted molar refractivity (Wildman–Crippen MR) is 71.3 cm³/mol. The van der Waals surface area contributed by atoms with Gasteiger partial charge in [0.15, 0.2) is 0 Å². The van der Waals surface area contributed by atoms with Crippen LogP contribution in [-0.4, -0.2) is 29.7 Å². The van der Waals surface area contributed by atoms with Gasteiger partial charge in [0.05, 0.1) is 12.5 Å². The van der Waals surface area contributed by atoms with E-state index in [4.69, 9.17) is 15.2 Å². The minimum atomic E-state index is -1.13. The van der Waals surface area contributed by atoms with Gasteiger partial charge >= 0.3 is 11.9 Å². The van der Waals surface area contributed by atoms with Crippen LogP contribution in [-0.2, 0) is 19.1 Å². The zero-order valence-electron chi connectivity index (χ0n) is 12.1. The molecule has 2 atom stereocenters. The maximum absolute atomic E-state index is 12.0. The van der Waals surface area contributed by atoms with Gasteiger partial charge in [-0.15, -0.1) is 0 Å². The van der Waals surface area contributed by atoms with Gasteiger partial charge in [-0.2, -0.15) is 0 Å². The van der Waals surface area contributed by atoms with E-state index in [2.05, 4.69) is 0 Å². The lowest BCUT2D eigenvalue weighted by molar-refractivity contribution is -0.160. The molecule has 0 amide bonds. The van der Waals surface area contributed by atoms with Gasteiger partial charge in [-0.3, -0.25) is 9.59 Å². The Bertz CT molecular complexity index is 383. The molecule has 5 heteroatoms. The highest BCUT2D eigenvalue weighted by Crippen LogP contribution is 2.28. The molecule has 5 nitrogen and oxygen atoms in total. The van der Waals surface area contributed by atoms with Gasteiger partial charge in [-0.1, -0.05) is 12.2 Å². The average molecular weight is 269 g/mol. The fourth-order valence-electron chi connectivity index (χ4n) is 1.97. The molecule has 1 aliphatic rings. The molecular formula is C14H23NO4. The molecule has 0 unspecified atom stereocenters. The SMILES string of the molecule is CCOC(=O)[C@@]1(N)CC=C[C@@H](C(=O)OC(C)(C)C)C1. The highest BCUT2D eigenvalue weighted by atomic mass is 16.6. The van der Waals surface area contributed by atoms with Crippen molar-refractivity contribution in [2.24, 2.45) is 11.7 Å². The van der Waals surface area contributed by atoms with Crippen LogP contribution in [0.3, 0.4) is 0 Å². The summed E-state index contributed by atoms with van der Waals surface area (Å²) in [6, 6.07) is 0. The van der Waals surface area contributed by atoms with Crippen LogP contribution in [0.4, 0.5) is 0 Å². The summed E-state index contributed by atoms with van der Waals surface area (Å²) in [5.74, 6) is -1.32. The maximum Gasteiger partial charge on any atom is 0.326 e. The van der Waals surface area contributed by atoms with Crippen molar-refractivity contribution in [3.8, 4) is 0 Å². The average Bonchev–Trinajstić information content (AvgIpc) is 2.27. The molecule has 0 bridgehead atoms. The highest BCUT2D eigenvalue weighted by molar-refractivity contribution is 5.83. The van der Waals surface area contributed by atoms with E-state index in [0.717, 1.165) is 0 Å². The first-order valence-corrected chi connectivity index (χ1v) is 6.53. The quantitative estimate of drug-likeness (QED) is 0.621. The molecular weight excluding hydrogens is 246 g/mol. The lowest BCUT2D eigenvalue weighted by Crippen LogP contribution is -2.52. The summed E-state index contributed by atoms with van der Waals surface area (Å²) in [5.41, 5.74) is 4.36. The van der Waals surface area contributed by atoms with Crippen molar-refractivity contribution in [3.63, 3.8) is 0 Å². The van der Waals surface area contributed by atoms with E-state index >= 15 is 0 Å². The van der Waals surface area contributed by atoms with Crippen molar-refractivity contribution in [2.75, 3.05) is 6.61 Å². The van der Waals surface area contributed by atoms with E-state index in [-0.39, 0.29) is 19.0 Å². The zero-order chi connectivity index (χ0) is 14.7. The smallest absolute Gasteiger partial charge is 0.326 e. The number of esters is 2. The fourth-order valence-corrected chi connectivity index (χ4v) is 1.97. The molecule has 0 aromatic heterocycles. The molecule has 19 heavy (non-hydrogen) atoms. The summed E-state index contributed by atoms with van der Waals surface area (Å²) in [7, 11) is 0. The maximum atomic E-state index is 12.0. The van der Waals surface area contributed by atoms with E-state index in [9.17, 15) is 9.59 Å². The zero-order valence-corrected chi connectivity index (χ0v) is 12.1. The van der Waals surface area contributed by atoms with Gasteiger partial charge in [0.1, 0.15) is 11.1 Å². The molecule has 0 aromatic carbocycles. The number of nitrogens with two attached hydrogens (primary N) is 1. The second-order valence-electron chi connectivity index (χ2n) is 5.85. The third-order valence-corrected chi connectivity index (χ3v) is 2.83. The van der Waals surface area contributed by atoms with E-state index < -0.39 is 23.0 Å². The van der Waals surface area contributed by atoms with E-state index in [1.54, 1.807) is 39.8 Å². The number of carbonyl (C=O) groups excluding carboxylic acids is 2. The fraction of sp³-hybridized carbons (Fsp3) is 0.714. The number of hydrogen-bond donors (Lipinski definition) is 1. The van der Waals surface area contributed by atoms with Crippen LogP contribution in [0, 0.1) is 5.92 Å². The molecule has 0 aliphatic heterocycles. The van der Waals surface area contributed by atoms with Crippen molar-refractivity contribution < 1.29 is 19.1 Å². The first kappa shape index (κ1) is 15.7. The van der Waals surface area contributed by atoms with Crippen molar-refractivity contribution in [1.82, 2.24) is 0 Å². The molecule has 2 N–H and O–H groups in total. The Morgan fingerprint density at radius 2 is 2.05 bits per heavy atom. The number of carbonyl (C=O) groups is 2. The topological polar surface area (TPSA) is 78.6 Å². The van der Waals surface area contributed by atoms with Gasteiger partial charge in [-0.25, -0.2) is 0 Å². The standard InChI is InChI=1S/C14H23NO4/c1-5-18-12(17)14(15)8-6-7-10(9-14)11(16)19-13(2,3)4/h6-7,10H,5,8-9,15H2,1-4H3/t10-,14-/m1/s1. The number of ether oxygens (including phenoxy) is 2. The van der Waals surface area contributed by atoms with Crippen molar-refractivity contribution in [1.29, 1.82) is 0 Å². The summed E-state index contributed by atoms with van der Waals surface area (Å²) in [4.78, 5) is 23.8. The summed E-state index contributed by atoms with van der Waals surface area (Å²) in [6.07, 6.45) is 4.09. The Hall–Kier alpha value is -1.36. The number of hydrogen-bond acceptors (Lipinski definition) is 5. The normalized spacial score (nSPS) is 26.9. The predicted octanol–water partition coefficient (Wildman–Crippen LogP) is 1.55. The van der Waals surface area contributed by atoms with E-state index in [0.29, 0.717) is 6.42 Å². The Kier molecular flexibility index (Phi) is 4.74. The van der Waals surface area contributed by atoms with Crippen molar-refractivity contribution in [2.45, 2.75) is 51.7 Å².